The minimum absolute atomic E-state index is 0.525. The summed E-state index contributed by atoms with van der Waals surface area (Å²) in [5.41, 5.74) is 2.86. The average molecular weight is 280 g/mol. The van der Waals surface area contributed by atoms with Gasteiger partial charge in [0.25, 0.3) is 0 Å². The average Bonchev–Trinajstić information content (AvgIpc) is 2.83. The molecular weight excluding hydrogens is 256 g/mol. The second-order valence-electron chi connectivity index (χ2n) is 5.52. The van der Waals surface area contributed by atoms with Crippen molar-refractivity contribution in [1.29, 1.82) is 0 Å². The van der Waals surface area contributed by atoms with Crippen molar-refractivity contribution in [3.8, 4) is 0 Å². The number of nitrogens with one attached hydrogen (secondary N) is 1. The first-order valence-electron chi connectivity index (χ1n) is 7.39. The standard InChI is InChI=1S/C14H24N4S/c1-17-14-4-2-3-13(12(14)11-16-17)15-5-6-18-7-9-19-10-8-18/h11,13,15H,2-10H2,1H3. The lowest BCUT2D eigenvalue weighted by Crippen LogP contribution is -2.39. The Morgan fingerprint density at radius 1 is 1.42 bits per heavy atom. The molecule has 5 heteroatoms. The fraction of sp³-hybridized carbons (Fsp3) is 0.786. The molecule has 0 aromatic carbocycles. The highest BCUT2D eigenvalue weighted by molar-refractivity contribution is 7.99. The van der Waals surface area contributed by atoms with Crippen LogP contribution < -0.4 is 5.32 Å². The summed E-state index contributed by atoms with van der Waals surface area (Å²) < 4.78 is 2.05. The van der Waals surface area contributed by atoms with Crippen molar-refractivity contribution in [3.05, 3.63) is 17.5 Å². The van der Waals surface area contributed by atoms with Crippen LogP contribution in [0.15, 0.2) is 6.20 Å². The number of aryl methyl sites for hydroxylation is 1. The number of aromatic nitrogens is 2. The molecule has 1 aliphatic carbocycles. The van der Waals surface area contributed by atoms with E-state index in [-0.39, 0.29) is 0 Å². The van der Waals surface area contributed by atoms with Gasteiger partial charge in [-0.3, -0.25) is 4.68 Å². The molecule has 0 bridgehead atoms. The predicted molar refractivity (Wildman–Crippen MR) is 80.7 cm³/mol. The molecule has 1 aromatic rings. The quantitative estimate of drug-likeness (QED) is 0.905. The monoisotopic (exact) mass is 280 g/mol. The highest BCUT2D eigenvalue weighted by atomic mass is 32.2. The van der Waals surface area contributed by atoms with Crippen LogP contribution in [0.25, 0.3) is 0 Å². The van der Waals surface area contributed by atoms with Crippen molar-refractivity contribution in [3.63, 3.8) is 0 Å². The summed E-state index contributed by atoms with van der Waals surface area (Å²) in [5, 5.41) is 8.15. The van der Waals surface area contributed by atoms with Crippen LogP contribution in [0.2, 0.25) is 0 Å². The van der Waals surface area contributed by atoms with Crippen LogP contribution >= 0.6 is 11.8 Å². The summed E-state index contributed by atoms with van der Waals surface area (Å²) >= 11 is 2.08. The van der Waals surface area contributed by atoms with E-state index in [1.165, 1.54) is 61.7 Å². The van der Waals surface area contributed by atoms with E-state index in [2.05, 4.69) is 40.3 Å². The molecule has 4 nitrogen and oxygen atoms in total. The molecule has 0 spiro atoms. The molecule has 0 radical (unpaired) electrons. The molecule has 106 valence electrons. The molecule has 1 fully saturated rings. The van der Waals surface area contributed by atoms with Crippen molar-refractivity contribution in [2.45, 2.75) is 25.3 Å². The Balaban J connectivity index is 1.50. The van der Waals surface area contributed by atoms with E-state index >= 15 is 0 Å². The maximum atomic E-state index is 4.41. The van der Waals surface area contributed by atoms with Gasteiger partial charge in [0.15, 0.2) is 0 Å². The van der Waals surface area contributed by atoms with Crippen molar-refractivity contribution >= 4 is 11.8 Å². The first-order valence-corrected chi connectivity index (χ1v) is 8.54. The Bertz CT molecular complexity index is 412. The Morgan fingerprint density at radius 2 is 2.26 bits per heavy atom. The molecule has 2 heterocycles. The van der Waals surface area contributed by atoms with Gasteiger partial charge in [-0.15, -0.1) is 0 Å². The molecule has 2 aliphatic rings. The maximum absolute atomic E-state index is 4.41. The normalized spacial score (nSPS) is 24.4. The lowest BCUT2D eigenvalue weighted by Gasteiger charge is -2.28. The van der Waals surface area contributed by atoms with E-state index in [0.29, 0.717) is 6.04 Å². The molecular formula is C14H24N4S. The molecule has 1 atom stereocenters. The summed E-state index contributed by atoms with van der Waals surface area (Å²) in [7, 11) is 2.06. The largest absolute Gasteiger partial charge is 0.309 e. The van der Waals surface area contributed by atoms with Crippen molar-refractivity contribution in [2.24, 2.45) is 7.05 Å². The summed E-state index contributed by atoms with van der Waals surface area (Å²) in [6.07, 6.45) is 5.79. The topological polar surface area (TPSA) is 33.1 Å². The van der Waals surface area contributed by atoms with Crippen molar-refractivity contribution in [2.75, 3.05) is 37.7 Å². The fourth-order valence-corrected chi connectivity index (χ4v) is 4.12. The molecule has 1 unspecified atom stereocenters. The van der Waals surface area contributed by atoms with E-state index in [1.807, 2.05) is 4.68 Å². The summed E-state index contributed by atoms with van der Waals surface area (Å²) in [5.74, 6) is 2.60. The Morgan fingerprint density at radius 3 is 3.11 bits per heavy atom. The molecule has 0 amide bonds. The highest BCUT2D eigenvalue weighted by Crippen LogP contribution is 2.28. The van der Waals surface area contributed by atoms with Gasteiger partial charge in [-0.25, -0.2) is 0 Å². The maximum Gasteiger partial charge on any atom is 0.0540 e. The van der Waals surface area contributed by atoms with Gasteiger partial charge < -0.3 is 10.2 Å². The number of rotatable bonds is 4. The van der Waals surface area contributed by atoms with Gasteiger partial charge in [0.05, 0.1) is 6.20 Å². The molecule has 0 saturated carbocycles. The summed E-state index contributed by atoms with van der Waals surface area (Å²) in [4.78, 5) is 2.58. The van der Waals surface area contributed by atoms with E-state index in [0.717, 1.165) is 6.54 Å². The SMILES string of the molecule is Cn1ncc2c1CCCC2NCCN1CCSCC1. The lowest BCUT2D eigenvalue weighted by molar-refractivity contribution is 0.291. The zero-order valence-electron chi connectivity index (χ0n) is 11.8. The van der Waals surface area contributed by atoms with Crippen molar-refractivity contribution < 1.29 is 0 Å². The molecule has 1 aromatic heterocycles. The zero-order chi connectivity index (χ0) is 13.1. The molecule has 19 heavy (non-hydrogen) atoms. The molecule has 1 saturated heterocycles. The lowest BCUT2D eigenvalue weighted by atomic mass is 9.93. The zero-order valence-corrected chi connectivity index (χ0v) is 12.6. The molecule has 3 rings (SSSR count). The third-order valence-electron chi connectivity index (χ3n) is 4.30. The number of fused-ring (bicyclic) bond motifs is 1. The second-order valence-corrected chi connectivity index (χ2v) is 6.75. The Hall–Kier alpha value is -0.520. The smallest absolute Gasteiger partial charge is 0.0540 e. The second kappa shape index (κ2) is 6.29. The Kier molecular flexibility index (Phi) is 4.45. The minimum Gasteiger partial charge on any atom is -0.309 e. The van der Waals surface area contributed by atoms with E-state index in [4.69, 9.17) is 0 Å². The highest BCUT2D eigenvalue weighted by Gasteiger charge is 2.22. The van der Waals surface area contributed by atoms with Gasteiger partial charge in [-0.1, -0.05) is 0 Å². The van der Waals surface area contributed by atoms with Crippen molar-refractivity contribution in [1.82, 2.24) is 20.0 Å². The van der Waals surface area contributed by atoms with E-state index in [9.17, 15) is 0 Å². The van der Waals surface area contributed by atoms with Crippen LogP contribution in [0.4, 0.5) is 0 Å². The third-order valence-corrected chi connectivity index (χ3v) is 5.24. The fourth-order valence-electron chi connectivity index (χ4n) is 3.14. The molecule has 1 N–H and O–H groups in total. The van der Waals surface area contributed by atoms with Crippen LogP contribution in [-0.2, 0) is 13.5 Å². The number of hydrogen-bond acceptors (Lipinski definition) is 4. The minimum atomic E-state index is 0.525. The Labute approximate surface area is 119 Å². The van der Waals surface area contributed by atoms with Crippen LogP contribution in [0.3, 0.4) is 0 Å². The van der Waals surface area contributed by atoms with Crippen LogP contribution in [0, 0.1) is 0 Å². The van der Waals surface area contributed by atoms with Crippen LogP contribution in [0.1, 0.15) is 30.1 Å². The summed E-state index contributed by atoms with van der Waals surface area (Å²) in [6.45, 7) is 4.81. The van der Waals surface area contributed by atoms with Gasteiger partial charge >= 0.3 is 0 Å². The van der Waals surface area contributed by atoms with Gasteiger partial charge in [0.2, 0.25) is 0 Å². The number of hydrogen-bond donors (Lipinski definition) is 1. The van der Waals surface area contributed by atoms with Crippen LogP contribution in [-0.4, -0.2) is 52.4 Å². The first-order chi connectivity index (χ1) is 9.34. The van der Waals surface area contributed by atoms with Gasteiger partial charge in [-0.05, 0) is 19.3 Å². The third kappa shape index (κ3) is 3.15. The molecule has 1 aliphatic heterocycles. The van der Waals surface area contributed by atoms with Gasteiger partial charge in [-0.2, -0.15) is 16.9 Å². The van der Waals surface area contributed by atoms with Crippen LogP contribution in [0.5, 0.6) is 0 Å². The predicted octanol–water partition coefficient (Wildman–Crippen LogP) is 1.44. The van der Waals surface area contributed by atoms with Gasteiger partial charge in [0, 0.05) is 62.0 Å². The van der Waals surface area contributed by atoms with Gasteiger partial charge in [0.1, 0.15) is 0 Å². The number of thioether (sulfide) groups is 1. The number of nitrogens with zero attached hydrogens (tertiary/aromatic N) is 3. The van der Waals surface area contributed by atoms with E-state index < -0.39 is 0 Å². The first kappa shape index (κ1) is 13.5. The van der Waals surface area contributed by atoms with E-state index in [1.54, 1.807) is 0 Å². The summed E-state index contributed by atoms with van der Waals surface area (Å²) in [6, 6.07) is 0.525.